The number of methoxy groups -OCH3 is 2. The van der Waals surface area contributed by atoms with Gasteiger partial charge in [0.2, 0.25) is 0 Å². The first-order valence-electron chi connectivity index (χ1n) is 14.9. The molecule has 15 heteroatoms. The molecule has 0 spiro atoms. The largest absolute Gasteiger partial charge is 0.466 e. The number of halogens is 1. The van der Waals surface area contributed by atoms with Gasteiger partial charge in [0, 0.05) is 11.1 Å². The van der Waals surface area contributed by atoms with E-state index in [1.165, 1.54) is 30.9 Å². The second-order valence-corrected chi connectivity index (χ2v) is 12.4. The normalized spacial score (nSPS) is 17.6. The van der Waals surface area contributed by atoms with Crippen molar-refractivity contribution < 1.29 is 62.2 Å². The zero-order chi connectivity index (χ0) is 36.0. The van der Waals surface area contributed by atoms with Crippen molar-refractivity contribution >= 4 is 41.6 Å². The molecule has 262 valence electrons. The second-order valence-electron chi connectivity index (χ2n) is 12.0. The smallest absolute Gasteiger partial charge is 0.453 e. The molecule has 4 atom stereocenters. The molecule has 4 unspecified atom stereocenters. The number of benzene rings is 2. The van der Waals surface area contributed by atoms with Crippen LogP contribution in [0.5, 0.6) is 11.5 Å². The zero-order valence-electron chi connectivity index (χ0n) is 27.9. The van der Waals surface area contributed by atoms with Gasteiger partial charge >= 0.3 is 35.8 Å². The average Bonchev–Trinajstić information content (AvgIpc) is 3.42. The fraction of sp³-hybridized carbons (Fsp3) is 0.485. The molecule has 14 nitrogen and oxygen atoms in total. The minimum Gasteiger partial charge on any atom is -0.466 e. The van der Waals surface area contributed by atoms with Crippen molar-refractivity contribution in [3.63, 3.8) is 0 Å². The number of rotatable bonds is 12. The lowest BCUT2D eigenvalue weighted by Gasteiger charge is -2.33. The van der Waals surface area contributed by atoms with Crippen LogP contribution in [0.1, 0.15) is 58.8 Å². The highest BCUT2D eigenvalue weighted by Gasteiger charge is 2.61. The second kappa shape index (κ2) is 15.6. The monoisotopic (exact) mass is 693 g/mol. The molecule has 1 N–H and O–H groups in total. The Hall–Kier alpha value is -4.56. The molecule has 0 radical (unpaired) electrons. The Morgan fingerprint density at radius 1 is 0.875 bits per heavy atom. The summed E-state index contributed by atoms with van der Waals surface area (Å²) in [6.45, 7) is 9.21. The molecule has 0 saturated heterocycles. The van der Waals surface area contributed by atoms with E-state index >= 15 is 0 Å². The molecule has 0 fully saturated rings. The van der Waals surface area contributed by atoms with E-state index in [9.17, 15) is 29.1 Å². The van der Waals surface area contributed by atoms with Crippen LogP contribution in [0.4, 0.5) is 4.79 Å². The van der Waals surface area contributed by atoms with Crippen molar-refractivity contribution in [1.82, 2.24) is 4.90 Å². The molecule has 0 aliphatic carbocycles. The van der Waals surface area contributed by atoms with Gasteiger partial charge in [0.25, 0.3) is 0 Å². The first-order valence-corrected chi connectivity index (χ1v) is 15.3. The number of aliphatic hydroxyl groups is 1. The average molecular weight is 694 g/mol. The summed E-state index contributed by atoms with van der Waals surface area (Å²) in [5.74, 6) is -7.75. The fourth-order valence-corrected chi connectivity index (χ4v) is 4.74. The van der Waals surface area contributed by atoms with Gasteiger partial charge in [0.05, 0.1) is 26.9 Å². The lowest BCUT2D eigenvalue weighted by atomic mass is 10.0. The molecule has 0 saturated carbocycles. The molecule has 0 bridgehead atoms. The fourth-order valence-electron chi connectivity index (χ4n) is 4.54. The van der Waals surface area contributed by atoms with Crippen molar-refractivity contribution in [2.45, 2.75) is 83.7 Å². The Bertz CT molecular complexity index is 1490. The van der Waals surface area contributed by atoms with Crippen LogP contribution in [0.3, 0.4) is 0 Å². The number of aliphatic hydroxyl groups excluding tert-OH is 1. The van der Waals surface area contributed by atoms with Gasteiger partial charge in [0.1, 0.15) is 5.60 Å². The van der Waals surface area contributed by atoms with Gasteiger partial charge in [-0.2, -0.15) is 0 Å². The maximum absolute atomic E-state index is 13.3. The van der Waals surface area contributed by atoms with E-state index < -0.39 is 65.7 Å². The van der Waals surface area contributed by atoms with E-state index in [1.807, 2.05) is 0 Å². The third kappa shape index (κ3) is 9.28. The summed E-state index contributed by atoms with van der Waals surface area (Å²) in [6.07, 6.45) is -4.48. The SMILES string of the molecule is COC(=O)C(C)OC(=O)C1(C(=O)OC(C)C(=O)OC)Oc2ccc(CC(C)N(CC(O)c3cccc(Cl)c3)C(=O)OC(C)(C)C)cc2O1. The van der Waals surface area contributed by atoms with Crippen LogP contribution in [0, 0.1) is 0 Å². The number of fused-ring (bicyclic) bond motifs is 1. The molecule has 1 amide bonds. The summed E-state index contributed by atoms with van der Waals surface area (Å²) in [5, 5.41) is 11.4. The number of nitrogens with zero attached hydrogens (tertiary/aromatic N) is 1. The number of esters is 4. The molecule has 2 aromatic carbocycles. The minimum atomic E-state index is -2.89. The Morgan fingerprint density at radius 3 is 1.96 bits per heavy atom. The maximum Gasteiger partial charge on any atom is 0.453 e. The molecule has 0 aromatic heterocycles. The molecule has 1 aliphatic heterocycles. The van der Waals surface area contributed by atoms with Crippen molar-refractivity contribution in [3.8, 4) is 11.5 Å². The summed E-state index contributed by atoms with van der Waals surface area (Å²) < 4.78 is 36.4. The number of carbonyl (C=O) groups is 5. The molecule has 3 rings (SSSR count). The lowest BCUT2D eigenvalue weighted by molar-refractivity contribution is -0.211. The van der Waals surface area contributed by atoms with Gasteiger partial charge in [0.15, 0.2) is 23.7 Å². The Labute approximate surface area is 283 Å². The van der Waals surface area contributed by atoms with Gasteiger partial charge < -0.3 is 43.2 Å². The predicted molar refractivity (Wildman–Crippen MR) is 168 cm³/mol. The van der Waals surface area contributed by atoms with Crippen LogP contribution in [0.2, 0.25) is 5.02 Å². The van der Waals surface area contributed by atoms with Crippen LogP contribution in [-0.2, 0) is 49.3 Å². The highest BCUT2D eigenvalue weighted by molar-refractivity contribution is 6.30. The van der Waals surface area contributed by atoms with Crippen molar-refractivity contribution in [3.05, 3.63) is 58.6 Å². The molecule has 48 heavy (non-hydrogen) atoms. The highest BCUT2D eigenvalue weighted by Crippen LogP contribution is 2.42. The van der Waals surface area contributed by atoms with Crippen LogP contribution >= 0.6 is 11.6 Å². The van der Waals surface area contributed by atoms with E-state index in [-0.39, 0.29) is 24.5 Å². The van der Waals surface area contributed by atoms with E-state index in [0.29, 0.717) is 16.1 Å². The summed E-state index contributed by atoms with van der Waals surface area (Å²) in [6, 6.07) is 10.6. The molecular formula is C33H40ClNO13. The maximum atomic E-state index is 13.3. The topological polar surface area (TPSA) is 173 Å². The van der Waals surface area contributed by atoms with E-state index in [4.69, 9.17) is 35.3 Å². The van der Waals surface area contributed by atoms with E-state index in [1.54, 1.807) is 58.0 Å². The van der Waals surface area contributed by atoms with Gasteiger partial charge in [-0.25, -0.2) is 24.0 Å². The Balaban J connectivity index is 1.90. The first-order chi connectivity index (χ1) is 22.4. The van der Waals surface area contributed by atoms with Crippen LogP contribution < -0.4 is 9.47 Å². The third-order valence-corrected chi connectivity index (χ3v) is 7.22. The van der Waals surface area contributed by atoms with Gasteiger partial charge in [-0.3, -0.25) is 0 Å². The number of carbonyl (C=O) groups excluding carboxylic acids is 5. The summed E-state index contributed by atoms with van der Waals surface area (Å²) >= 11 is 6.10. The zero-order valence-corrected chi connectivity index (χ0v) is 28.7. The highest BCUT2D eigenvalue weighted by atomic mass is 35.5. The van der Waals surface area contributed by atoms with Crippen molar-refractivity contribution in [2.75, 3.05) is 20.8 Å². The summed E-state index contributed by atoms with van der Waals surface area (Å²) in [4.78, 5) is 65.2. The Morgan fingerprint density at radius 2 is 1.44 bits per heavy atom. The number of hydrogen-bond donors (Lipinski definition) is 1. The number of amides is 1. The lowest BCUT2D eigenvalue weighted by Crippen LogP contribution is -2.57. The van der Waals surface area contributed by atoms with Crippen molar-refractivity contribution in [2.24, 2.45) is 0 Å². The molecule has 2 aromatic rings. The van der Waals surface area contributed by atoms with Gasteiger partial charge in [-0.05, 0) is 83.4 Å². The number of hydrogen-bond acceptors (Lipinski definition) is 13. The van der Waals surface area contributed by atoms with Gasteiger partial charge in [-0.1, -0.05) is 29.8 Å². The standard InChI is InChI=1S/C33H40ClNO13/c1-18(35(31(41)48-32(4,5)6)17-24(36)22-10-9-11-23(34)16-22)14-21-12-13-25-26(15-21)47-33(46-25,29(39)44-19(2)27(37)42-7)30(40)45-20(3)28(38)43-8/h9-13,15-16,18-20,24,36H,14,17H2,1-8H3. The van der Waals surface area contributed by atoms with Crippen LogP contribution in [0.15, 0.2) is 42.5 Å². The van der Waals surface area contributed by atoms with Gasteiger partial charge in [-0.15, -0.1) is 0 Å². The summed E-state index contributed by atoms with van der Waals surface area (Å²) in [5.41, 5.74) is 0.251. The number of ether oxygens (including phenoxy) is 7. The first kappa shape index (κ1) is 37.9. The van der Waals surface area contributed by atoms with Crippen LogP contribution in [0.25, 0.3) is 0 Å². The van der Waals surface area contributed by atoms with E-state index in [0.717, 1.165) is 14.2 Å². The third-order valence-electron chi connectivity index (χ3n) is 6.98. The molecule has 1 aliphatic rings. The molecular weight excluding hydrogens is 654 g/mol. The Kier molecular flexibility index (Phi) is 12.3. The van der Waals surface area contributed by atoms with E-state index in [2.05, 4.69) is 9.47 Å². The predicted octanol–water partition coefficient (Wildman–Crippen LogP) is 3.92. The van der Waals surface area contributed by atoms with Crippen LogP contribution in [-0.4, -0.2) is 90.4 Å². The summed E-state index contributed by atoms with van der Waals surface area (Å²) in [7, 11) is 2.16. The molecule has 1 heterocycles. The quantitative estimate of drug-likeness (QED) is 0.193. The van der Waals surface area contributed by atoms with Crippen molar-refractivity contribution in [1.29, 1.82) is 0 Å². The minimum absolute atomic E-state index is 0.0582.